The minimum absolute atomic E-state index is 0.0753. The lowest BCUT2D eigenvalue weighted by atomic mass is 10.1. The van der Waals surface area contributed by atoms with Crippen molar-refractivity contribution in [1.82, 2.24) is 10.2 Å². The summed E-state index contributed by atoms with van der Waals surface area (Å²) < 4.78 is 25.1. The third-order valence-corrected chi connectivity index (χ3v) is 4.91. The molecule has 0 aliphatic heterocycles. The van der Waals surface area contributed by atoms with Crippen LogP contribution in [0.15, 0.2) is 48.5 Å². The first-order valence-corrected chi connectivity index (χ1v) is 10.8. The van der Waals surface area contributed by atoms with Crippen molar-refractivity contribution in [3.63, 3.8) is 0 Å². The zero-order chi connectivity index (χ0) is 20.3. The molecule has 1 aliphatic rings. The highest BCUT2D eigenvalue weighted by molar-refractivity contribution is 7.92. The second kappa shape index (κ2) is 8.02. The van der Waals surface area contributed by atoms with E-state index in [4.69, 9.17) is 0 Å². The Hall–Kier alpha value is -2.87. The predicted molar refractivity (Wildman–Crippen MR) is 108 cm³/mol. The highest BCUT2D eigenvalue weighted by Crippen LogP contribution is 2.19. The van der Waals surface area contributed by atoms with Crippen LogP contribution in [0.1, 0.15) is 39.1 Å². The number of rotatable bonds is 7. The number of anilines is 1. The van der Waals surface area contributed by atoms with Gasteiger partial charge in [0.05, 0.1) is 6.26 Å². The first kappa shape index (κ1) is 19.9. The number of carbonyl (C=O) groups excluding carboxylic acids is 2. The SMILES string of the molecule is CN(Cc1ccc(C(=O)NC2CC2)cc1)C(=O)c1cccc(NS(C)(=O)=O)c1. The van der Waals surface area contributed by atoms with Gasteiger partial charge in [0.2, 0.25) is 10.0 Å². The van der Waals surface area contributed by atoms with Gasteiger partial charge in [0.25, 0.3) is 11.8 Å². The summed E-state index contributed by atoms with van der Waals surface area (Å²) in [5, 5.41) is 2.94. The number of carbonyl (C=O) groups is 2. The van der Waals surface area contributed by atoms with E-state index < -0.39 is 10.0 Å². The largest absolute Gasteiger partial charge is 0.349 e. The van der Waals surface area contributed by atoms with Gasteiger partial charge in [-0.15, -0.1) is 0 Å². The van der Waals surface area contributed by atoms with Gasteiger partial charge in [-0.25, -0.2) is 8.42 Å². The lowest BCUT2D eigenvalue weighted by molar-refractivity contribution is 0.0784. The molecule has 3 rings (SSSR count). The Labute approximate surface area is 164 Å². The van der Waals surface area contributed by atoms with E-state index in [0.29, 0.717) is 29.4 Å². The van der Waals surface area contributed by atoms with Crippen LogP contribution in [-0.4, -0.2) is 44.5 Å². The summed E-state index contributed by atoms with van der Waals surface area (Å²) in [6.45, 7) is 0.368. The van der Waals surface area contributed by atoms with Gasteiger partial charge in [-0.2, -0.15) is 0 Å². The molecule has 1 fully saturated rings. The molecule has 7 nitrogen and oxygen atoms in total. The molecule has 0 spiro atoms. The summed E-state index contributed by atoms with van der Waals surface area (Å²) in [6, 6.07) is 13.8. The van der Waals surface area contributed by atoms with E-state index in [1.807, 2.05) is 12.1 Å². The van der Waals surface area contributed by atoms with Crippen molar-refractivity contribution < 1.29 is 18.0 Å². The highest BCUT2D eigenvalue weighted by atomic mass is 32.2. The van der Waals surface area contributed by atoms with E-state index in [1.165, 1.54) is 6.07 Å². The van der Waals surface area contributed by atoms with Crippen LogP contribution in [0.2, 0.25) is 0 Å². The molecular weight excluding hydrogens is 378 g/mol. The molecule has 0 unspecified atom stereocenters. The molecule has 0 aromatic heterocycles. The maximum atomic E-state index is 12.7. The van der Waals surface area contributed by atoms with E-state index in [9.17, 15) is 18.0 Å². The van der Waals surface area contributed by atoms with E-state index in [2.05, 4.69) is 10.0 Å². The summed E-state index contributed by atoms with van der Waals surface area (Å²) in [4.78, 5) is 26.2. The fraction of sp³-hybridized carbons (Fsp3) is 0.300. The third-order valence-electron chi connectivity index (χ3n) is 4.31. The Bertz CT molecular complexity index is 983. The van der Waals surface area contributed by atoms with Gasteiger partial charge >= 0.3 is 0 Å². The van der Waals surface area contributed by atoms with Crippen LogP contribution in [0.5, 0.6) is 0 Å². The van der Waals surface area contributed by atoms with Gasteiger partial charge in [0.1, 0.15) is 0 Å². The van der Waals surface area contributed by atoms with E-state index in [0.717, 1.165) is 24.7 Å². The molecule has 0 radical (unpaired) electrons. The van der Waals surface area contributed by atoms with Gasteiger partial charge in [0.15, 0.2) is 0 Å². The smallest absolute Gasteiger partial charge is 0.253 e. The average Bonchev–Trinajstić information content (AvgIpc) is 3.44. The summed E-state index contributed by atoms with van der Waals surface area (Å²) >= 11 is 0. The number of nitrogens with one attached hydrogen (secondary N) is 2. The van der Waals surface area contributed by atoms with Crippen molar-refractivity contribution in [2.75, 3.05) is 18.0 Å². The molecule has 2 N–H and O–H groups in total. The van der Waals surface area contributed by atoms with Crippen LogP contribution in [0.4, 0.5) is 5.69 Å². The maximum Gasteiger partial charge on any atom is 0.253 e. The van der Waals surface area contributed by atoms with E-state index >= 15 is 0 Å². The van der Waals surface area contributed by atoms with Crippen LogP contribution >= 0.6 is 0 Å². The molecule has 2 aromatic rings. The summed E-state index contributed by atoms with van der Waals surface area (Å²) in [5.41, 5.74) is 2.22. The van der Waals surface area contributed by atoms with Crippen molar-refractivity contribution in [3.8, 4) is 0 Å². The number of benzene rings is 2. The van der Waals surface area contributed by atoms with Crippen LogP contribution in [0.3, 0.4) is 0 Å². The monoisotopic (exact) mass is 401 g/mol. The van der Waals surface area contributed by atoms with Gasteiger partial charge in [-0.3, -0.25) is 14.3 Å². The molecule has 0 atom stereocenters. The molecule has 0 bridgehead atoms. The number of hydrogen-bond donors (Lipinski definition) is 2. The summed E-state index contributed by atoms with van der Waals surface area (Å²) in [5.74, 6) is -0.304. The van der Waals surface area contributed by atoms with Crippen molar-refractivity contribution in [1.29, 1.82) is 0 Å². The second-order valence-electron chi connectivity index (χ2n) is 7.06. The quantitative estimate of drug-likeness (QED) is 0.744. The Morgan fingerprint density at radius 2 is 1.75 bits per heavy atom. The Kier molecular flexibility index (Phi) is 5.69. The van der Waals surface area contributed by atoms with Crippen molar-refractivity contribution in [2.45, 2.75) is 25.4 Å². The van der Waals surface area contributed by atoms with Crippen LogP contribution < -0.4 is 10.0 Å². The molecule has 1 aliphatic carbocycles. The van der Waals surface area contributed by atoms with Gasteiger partial charge in [-0.1, -0.05) is 18.2 Å². The topological polar surface area (TPSA) is 95.6 Å². The Morgan fingerprint density at radius 3 is 2.36 bits per heavy atom. The number of hydrogen-bond acceptors (Lipinski definition) is 4. The minimum Gasteiger partial charge on any atom is -0.349 e. The zero-order valence-corrected chi connectivity index (χ0v) is 16.6. The maximum absolute atomic E-state index is 12.7. The first-order chi connectivity index (χ1) is 13.2. The predicted octanol–water partition coefficient (Wildman–Crippen LogP) is 2.22. The fourth-order valence-corrected chi connectivity index (χ4v) is 3.31. The van der Waals surface area contributed by atoms with Gasteiger partial charge < -0.3 is 10.2 Å². The van der Waals surface area contributed by atoms with Crippen LogP contribution in [-0.2, 0) is 16.6 Å². The number of sulfonamides is 1. The van der Waals surface area contributed by atoms with E-state index in [1.54, 1.807) is 42.3 Å². The Balaban J connectivity index is 1.63. The lowest BCUT2D eigenvalue weighted by Gasteiger charge is -2.18. The van der Waals surface area contributed by atoms with Crippen molar-refractivity contribution in [2.24, 2.45) is 0 Å². The zero-order valence-electron chi connectivity index (χ0n) is 15.8. The number of nitrogens with zero attached hydrogens (tertiary/aromatic N) is 1. The van der Waals surface area contributed by atoms with Gasteiger partial charge in [0, 0.05) is 36.4 Å². The second-order valence-corrected chi connectivity index (χ2v) is 8.81. The number of amides is 2. The van der Waals surface area contributed by atoms with Crippen molar-refractivity contribution >= 4 is 27.5 Å². The van der Waals surface area contributed by atoms with Crippen molar-refractivity contribution in [3.05, 3.63) is 65.2 Å². The summed E-state index contributed by atoms with van der Waals surface area (Å²) in [6.07, 6.45) is 3.14. The third kappa shape index (κ3) is 5.56. The molecule has 28 heavy (non-hydrogen) atoms. The minimum atomic E-state index is -3.41. The molecule has 0 heterocycles. The van der Waals surface area contributed by atoms with E-state index in [-0.39, 0.29) is 11.8 Å². The molecule has 2 aromatic carbocycles. The van der Waals surface area contributed by atoms with Crippen LogP contribution in [0.25, 0.3) is 0 Å². The molecule has 1 saturated carbocycles. The molecular formula is C20H23N3O4S. The fourth-order valence-electron chi connectivity index (χ4n) is 2.75. The average molecular weight is 401 g/mol. The normalized spacial score (nSPS) is 13.6. The molecule has 8 heteroatoms. The first-order valence-electron chi connectivity index (χ1n) is 8.94. The van der Waals surface area contributed by atoms with Crippen LogP contribution in [0, 0.1) is 0 Å². The molecule has 2 amide bonds. The molecule has 148 valence electrons. The Morgan fingerprint density at radius 1 is 1.07 bits per heavy atom. The standard InChI is InChI=1S/C20H23N3O4S/c1-23(20(25)16-4-3-5-18(12-16)22-28(2,26)27)13-14-6-8-15(9-7-14)19(24)21-17-10-11-17/h3-9,12,17,22H,10-11,13H2,1-2H3,(H,21,24). The highest BCUT2D eigenvalue weighted by Gasteiger charge is 2.23. The summed E-state index contributed by atoms with van der Waals surface area (Å²) in [7, 11) is -1.74. The molecule has 0 saturated heterocycles. The van der Waals surface area contributed by atoms with Gasteiger partial charge in [-0.05, 0) is 48.7 Å². The lowest BCUT2D eigenvalue weighted by Crippen LogP contribution is -2.27.